The minimum absolute atomic E-state index is 0.282. The fourth-order valence-electron chi connectivity index (χ4n) is 2.83. The quantitative estimate of drug-likeness (QED) is 0.924. The number of ether oxygens (including phenoxy) is 2. The summed E-state index contributed by atoms with van der Waals surface area (Å²) in [7, 11) is 0. The lowest BCUT2D eigenvalue weighted by atomic mass is 9.97. The van der Waals surface area contributed by atoms with E-state index in [-0.39, 0.29) is 6.10 Å². The van der Waals surface area contributed by atoms with Crippen molar-refractivity contribution in [1.29, 1.82) is 0 Å². The Morgan fingerprint density at radius 3 is 3.21 bits per heavy atom. The number of hydrogen-bond donors (Lipinski definition) is 1. The van der Waals surface area contributed by atoms with Crippen LogP contribution in [0.2, 0.25) is 5.02 Å². The summed E-state index contributed by atoms with van der Waals surface area (Å²) in [5, 5.41) is 4.16. The Morgan fingerprint density at radius 2 is 2.37 bits per heavy atom. The first-order valence-corrected chi connectivity index (χ1v) is 7.38. The minimum atomic E-state index is 0.282. The van der Waals surface area contributed by atoms with E-state index in [1.165, 1.54) is 12.0 Å². The van der Waals surface area contributed by atoms with Crippen molar-refractivity contribution in [2.45, 2.75) is 32.5 Å². The monoisotopic (exact) mass is 281 g/mol. The molecule has 4 heteroatoms. The van der Waals surface area contributed by atoms with Crippen molar-refractivity contribution >= 4 is 11.6 Å². The summed E-state index contributed by atoms with van der Waals surface area (Å²) >= 11 is 6.16. The lowest BCUT2D eigenvalue weighted by Crippen LogP contribution is -2.40. The van der Waals surface area contributed by atoms with Crippen LogP contribution in [0.15, 0.2) is 12.1 Å². The van der Waals surface area contributed by atoms with Gasteiger partial charge < -0.3 is 14.8 Å². The molecule has 1 saturated heterocycles. The Morgan fingerprint density at radius 1 is 1.47 bits per heavy atom. The topological polar surface area (TPSA) is 30.5 Å². The lowest BCUT2D eigenvalue weighted by Gasteiger charge is -2.29. The molecular weight excluding hydrogens is 262 g/mol. The van der Waals surface area contributed by atoms with Crippen molar-refractivity contribution < 1.29 is 9.47 Å². The van der Waals surface area contributed by atoms with Gasteiger partial charge in [0.2, 0.25) is 0 Å². The molecule has 1 fully saturated rings. The zero-order valence-electron chi connectivity index (χ0n) is 11.2. The van der Waals surface area contributed by atoms with E-state index in [0.717, 1.165) is 42.5 Å². The molecule has 2 aliphatic rings. The summed E-state index contributed by atoms with van der Waals surface area (Å²) in [5.74, 6) is 1.59. The van der Waals surface area contributed by atoms with Crippen molar-refractivity contribution in [3.05, 3.63) is 28.3 Å². The van der Waals surface area contributed by atoms with Crippen LogP contribution in [0, 0.1) is 5.92 Å². The normalized spacial score (nSPS) is 26.0. The molecule has 2 aliphatic heterocycles. The molecule has 1 aromatic carbocycles. The maximum Gasteiger partial charge on any atom is 0.128 e. The maximum absolute atomic E-state index is 6.16. The molecule has 0 bridgehead atoms. The standard InChI is InChI=1S/C15H20ClNO2/c1-10-2-4-17-8-14(10)19-9-12-7-13(16)6-11-3-5-18-15(11)12/h6-7,10,14,17H,2-5,8-9H2,1H3. The first-order valence-electron chi connectivity index (χ1n) is 7.00. The van der Waals surface area contributed by atoms with Gasteiger partial charge in [-0.05, 0) is 36.6 Å². The van der Waals surface area contributed by atoms with Gasteiger partial charge in [0.1, 0.15) is 5.75 Å². The average molecular weight is 282 g/mol. The fraction of sp³-hybridized carbons (Fsp3) is 0.600. The molecule has 3 nitrogen and oxygen atoms in total. The SMILES string of the molecule is CC1CCNCC1OCc1cc(Cl)cc2c1OCC2. The summed E-state index contributed by atoms with van der Waals surface area (Å²) in [4.78, 5) is 0. The van der Waals surface area contributed by atoms with Crippen molar-refractivity contribution in [2.24, 2.45) is 5.92 Å². The Balaban J connectivity index is 1.70. The molecule has 0 amide bonds. The van der Waals surface area contributed by atoms with E-state index < -0.39 is 0 Å². The van der Waals surface area contributed by atoms with E-state index in [4.69, 9.17) is 21.1 Å². The predicted octanol–water partition coefficient (Wildman–Crippen LogP) is 2.79. The van der Waals surface area contributed by atoms with Crippen LogP contribution in [0.3, 0.4) is 0 Å². The Bertz CT molecular complexity index is 464. The van der Waals surface area contributed by atoms with Crippen LogP contribution in [-0.2, 0) is 17.8 Å². The molecule has 2 heterocycles. The Labute approximate surface area is 119 Å². The van der Waals surface area contributed by atoms with E-state index in [9.17, 15) is 0 Å². The Kier molecular flexibility index (Phi) is 3.96. The summed E-state index contributed by atoms with van der Waals surface area (Å²) < 4.78 is 11.8. The second kappa shape index (κ2) is 5.70. The highest BCUT2D eigenvalue weighted by atomic mass is 35.5. The summed E-state index contributed by atoms with van der Waals surface area (Å²) in [6.07, 6.45) is 2.41. The second-order valence-corrected chi connectivity index (χ2v) is 5.91. The fourth-order valence-corrected chi connectivity index (χ4v) is 3.10. The zero-order valence-corrected chi connectivity index (χ0v) is 12.0. The highest BCUT2D eigenvalue weighted by molar-refractivity contribution is 6.30. The molecule has 3 rings (SSSR count). The molecule has 2 unspecified atom stereocenters. The second-order valence-electron chi connectivity index (χ2n) is 5.47. The predicted molar refractivity (Wildman–Crippen MR) is 75.9 cm³/mol. The third kappa shape index (κ3) is 2.88. The number of halogens is 1. The van der Waals surface area contributed by atoms with Gasteiger partial charge in [-0.2, -0.15) is 0 Å². The van der Waals surface area contributed by atoms with Gasteiger partial charge in [-0.1, -0.05) is 18.5 Å². The molecule has 19 heavy (non-hydrogen) atoms. The Hall–Kier alpha value is -0.770. The van der Waals surface area contributed by atoms with Crippen molar-refractivity contribution in [3.63, 3.8) is 0 Å². The summed E-state index contributed by atoms with van der Waals surface area (Å²) in [6.45, 7) is 5.62. The van der Waals surface area contributed by atoms with Crippen LogP contribution in [0.5, 0.6) is 5.75 Å². The van der Waals surface area contributed by atoms with Crippen LogP contribution in [-0.4, -0.2) is 25.8 Å². The van der Waals surface area contributed by atoms with Crippen LogP contribution in [0.1, 0.15) is 24.5 Å². The smallest absolute Gasteiger partial charge is 0.128 e. The summed E-state index contributed by atoms with van der Waals surface area (Å²) in [5.41, 5.74) is 2.29. The lowest BCUT2D eigenvalue weighted by molar-refractivity contribution is -0.00725. The number of benzene rings is 1. The van der Waals surface area contributed by atoms with E-state index in [1.54, 1.807) is 0 Å². The minimum Gasteiger partial charge on any atom is -0.493 e. The molecule has 1 N–H and O–H groups in total. The number of fused-ring (bicyclic) bond motifs is 1. The van der Waals surface area contributed by atoms with Crippen LogP contribution in [0.25, 0.3) is 0 Å². The highest BCUT2D eigenvalue weighted by Gasteiger charge is 2.23. The third-order valence-corrected chi connectivity index (χ3v) is 4.25. The average Bonchev–Trinajstić information content (AvgIpc) is 2.85. The molecule has 0 aliphatic carbocycles. The molecule has 104 valence electrons. The van der Waals surface area contributed by atoms with Gasteiger partial charge in [0.15, 0.2) is 0 Å². The van der Waals surface area contributed by atoms with Crippen LogP contribution in [0.4, 0.5) is 0 Å². The number of nitrogens with one attached hydrogen (secondary N) is 1. The van der Waals surface area contributed by atoms with Crippen molar-refractivity contribution in [3.8, 4) is 5.75 Å². The van der Waals surface area contributed by atoms with Crippen molar-refractivity contribution in [2.75, 3.05) is 19.7 Å². The number of piperidine rings is 1. The molecule has 0 aromatic heterocycles. The van der Waals surface area contributed by atoms with E-state index in [0.29, 0.717) is 12.5 Å². The molecule has 0 saturated carbocycles. The largest absolute Gasteiger partial charge is 0.493 e. The van der Waals surface area contributed by atoms with E-state index in [1.807, 2.05) is 12.1 Å². The zero-order chi connectivity index (χ0) is 13.2. The van der Waals surface area contributed by atoms with Gasteiger partial charge in [0.05, 0.1) is 19.3 Å². The molecule has 1 aromatic rings. The van der Waals surface area contributed by atoms with Gasteiger partial charge >= 0.3 is 0 Å². The van der Waals surface area contributed by atoms with Crippen LogP contribution >= 0.6 is 11.6 Å². The summed E-state index contributed by atoms with van der Waals surface area (Å²) in [6, 6.07) is 3.96. The number of hydrogen-bond acceptors (Lipinski definition) is 3. The van der Waals surface area contributed by atoms with Gasteiger partial charge in [-0.3, -0.25) is 0 Å². The first kappa shape index (κ1) is 13.2. The van der Waals surface area contributed by atoms with Crippen LogP contribution < -0.4 is 10.1 Å². The molecule has 0 spiro atoms. The molecule has 2 atom stereocenters. The van der Waals surface area contributed by atoms with Gasteiger partial charge in [0, 0.05) is 23.6 Å². The maximum atomic E-state index is 6.16. The third-order valence-electron chi connectivity index (χ3n) is 4.03. The molecule has 0 radical (unpaired) electrons. The van der Waals surface area contributed by atoms with Gasteiger partial charge in [-0.15, -0.1) is 0 Å². The van der Waals surface area contributed by atoms with E-state index >= 15 is 0 Å². The highest BCUT2D eigenvalue weighted by Crippen LogP contribution is 2.33. The first-order chi connectivity index (χ1) is 9.24. The number of rotatable bonds is 3. The van der Waals surface area contributed by atoms with Crippen molar-refractivity contribution in [1.82, 2.24) is 5.32 Å². The van der Waals surface area contributed by atoms with E-state index in [2.05, 4.69) is 12.2 Å². The molecular formula is C15H20ClNO2. The van der Waals surface area contributed by atoms with Gasteiger partial charge in [-0.25, -0.2) is 0 Å². The van der Waals surface area contributed by atoms with Gasteiger partial charge in [0.25, 0.3) is 0 Å².